The maximum absolute atomic E-state index is 13.2. The van der Waals surface area contributed by atoms with Gasteiger partial charge in [0.05, 0.1) is 5.92 Å². The monoisotopic (exact) mass is 393 g/mol. The number of rotatable bonds is 4. The molecule has 0 spiro atoms. The molecule has 1 unspecified atom stereocenters. The van der Waals surface area contributed by atoms with E-state index < -0.39 is 0 Å². The van der Waals surface area contributed by atoms with Crippen LogP contribution in [0.2, 0.25) is 0 Å². The van der Waals surface area contributed by atoms with E-state index in [0.717, 1.165) is 71.0 Å². The molecule has 0 bridgehead atoms. The highest BCUT2D eigenvalue weighted by Gasteiger charge is 2.31. The van der Waals surface area contributed by atoms with Crippen molar-refractivity contribution in [3.05, 3.63) is 53.9 Å². The number of nitrogens with zero attached hydrogens (tertiary/aromatic N) is 5. The largest absolute Gasteiger partial charge is 0.341 e. The van der Waals surface area contributed by atoms with E-state index in [1.807, 2.05) is 6.07 Å². The van der Waals surface area contributed by atoms with Crippen LogP contribution >= 0.6 is 0 Å². The summed E-state index contributed by atoms with van der Waals surface area (Å²) >= 11 is 0. The number of amides is 1. The van der Waals surface area contributed by atoms with Crippen molar-refractivity contribution < 1.29 is 4.79 Å². The van der Waals surface area contributed by atoms with Gasteiger partial charge in [0.25, 0.3) is 0 Å². The molecule has 1 aromatic carbocycles. The summed E-state index contributed by atoms with van der Waals surface area (Å²) in [6, 6.07) is 10.4. The zero-order valence-electron chi connectivity index (χ0n) is 17.3. The smallest absolute Gasteiger partial charge is 0.227 e. The van der Waals surface area contributed by atoms with Gasteiger partial charge in [-0.2, -0.15) is 0 Å². The van der Waals surface area contributed by atoms with Gasteiger partial charge in [-0.15, -0.1) is 0 Å². The lowest BCUT2D eigenvalue weighted by molar-refractivity contribution is -0.135. The van der Waals surface area contributed by atoms with Crippen LogP contribution in [-0.4, -0.2) is 64.9 Å². The van der Waals surface area contributed by atoms with Crippen LogP contribution in [0.5, 0.6) is 0 Å². The van der Waals surface area contributed by atoms with Gasteiger partial charge >= 0.3 is 0 Å². The zero-order valence-corrected chi connectivity index (χ0v) is 17.3. The second-order valence-electron chi connectivity index (χ2n) is 8.22. The molecule has 6 heteroatoms. The third-order valence-corrected chi connectivity index (χ3v) is 6.16. The summed E-state index contributed by atoms with van der Waals surface area (Å²) in [5.41, 5.74) is 2.73. The van der Waals surface area contributed by atoms with Crippen LogP contribution < -0.4 is 4.90 Å². The summed E-state index contributed by atoms with van der Waals surface area (Å²) in [6.07, 6.45) is 6.56. The van der Waals surface area contributed by atoms with Gasteiger partial charge in [-0.05, 0) is 43.4 Å². The Bertz CT molecular complexity index is 812. The lowest BCUT2D eigenvalue weighted by Crippen LogP contribution is -2.46. The maximum atomic E-state index is 13.2. The van der Waals surface area contributed by atoms with E-state index in [1.54, 1.807) is 12.4 Å². The number of carbonyl (C=O) groups is 1. The third kappa shape index (κ3) is 4.93. The van der Waals surface area contributed by atoms with Gasteiger partial charge in [-0.3, -0.25) is 9.69 Å². The van der Waals surface area contributed by atoms with Crippen LogP contribution in [0.15, 0.2) is 42.7 Å². The van der Waals surface area contributed by atoms with Crippen LogP contribution in [0, 0.1) is 12.8 Å². The highest BCUT2D eigenvalue weighted by molar-refractivity contribution is 5.79. The summed E-state index contributed by atoms with van der Waals surface area (Å²) in [5.74, 6) is 1.10. The lowest BCUT2D eigenvalue weighted by Gasteiger charge is -2.34. The quantitative estimate of drug-likeness (QED) is 0.800. The molecule has 1 atom stereocenters. The van der Waals surface area contributed by atoms with Crippen LogP contribution in [0.25, 0.3) is 0 Å². The van der Waals surface area contributed by atoms with Gasteiger partial charge in [0, 0.05) is 58.2 Å². The highest BCUT2D eigenvalue weighted by Crippen LogP contribution is 2.22. The minimum absolute atomic E-state index is 0.0514. The van der Waals surface area contributed by atoms with Gasteiger partial charge in [0.1, 0.15) is 0 Å². The number of anilines is 1. The second kappa shape index (κ2) is 9.35. The molecule has 0 aliphatic carbocycles. The molecule has 4 rings (SSSR count). The fourth-order valence-electron chi connectivity index (χ4n) is 4.45. The molecule has 2 fully saturated rings. The molecule has 0 radical (unpaired) electrons. The lowest BCUT2D eigenvalue weighted by atomic mass is 9.96. The predicted molar refractivity (Wildman–Crippen MR) is 115 cm³/mol. The van der Waals surface area contributed by atoms with Crippen molar-refractivity contribution in [2.45, 2.75) is 32.7 Å². The number of aromatic nitrogens is 2. The molecular weight excluding hydrogens is 362 g/mol. The SMILES string of the molecule is Cc1ccccc1CN1CCCN(C(=O)C2CCCN(c3ncccn3)C2)CC1. The maximum Gasteiger partial charge on any atom is 0.227 e. The van der Waals surface area contributed by atoms with E-state index in [0.29, 0.717) is 5.91 Å². The number of piperidine rings is 1. The first-order valence-corrected chi connectivity index (χ1v) is 10.8. The predicted octanol–water partition coefficient (Wildman–Crippen LogP) is 2.74. The van der Waals surface area contributed by atoms with E-state index in [4.69, 9.17) is 0 Å². The summed E-state index contributed by atoms with van der Waals surface area (Å²) < 4.78 is 0. The summed E-state index contributed by atoms with van der Waals surface area (Å²) in [5, 5.41) is 0. The Balaban J connectivity index is 1.34. The molecule has 6 nitrogen and oxygen atoms in total. The first kappa shape index (κ1) is 19.8. The van der Waals surface area contributed by atoms with Crippen molar-refractivity contribution in [1.82, 2.24) is 19.8 Å². The zero-order chi connectivity index (χ0) is 20.1. The average Bonchev–Trinajstić information content (AvgIpc) is 3.01. The highest BCUT2D eigenvalue weighted by atomic mass is 16.2. The number of carbonyl (C=O) groups excluding carboxylic acids is 1. The number of benzene rings is 1. The first-order valence-electron chi connectivity index (χ1n) is 10.8. The van der Waals surface area contributed by atoms with E-state index in [1.165, 1.54) is 11.1 Å². The number of hydrogen-bond donors (Lipinski definition) is 0. The average molecular weight is 394 g/mol. The molecule has 2 saturated heterocycles. The van der Waals surface area contributed by atoms with E-state index in [9.17, 15) is 4.79 Å². The Morgan fingerprint density at radius 2 is 1.83 bits per heavy atom. The van der Waals surface area contributed by atoms with Gasteiger partial charge in [-0.25, -0.2) is 9.97 Å². The minimum Gasteiger partial charge on any atom is -0.341 e. The summed E-state index contributed by atoms with van der Waals surface area (Å²) in [7, 11) is 0. The van der Waals surface area contributed by atoms with Gasteiger partial charge in [0.15, 0.2) is 0 Å². The van der Waals surface area contributed by atoms with Crippen molar-refractivity contribution in [3.8, 4) is 0 Å². The Morgan fingerprint density at radius 3 is 2.66 bits per heavy atom. The van der Waals surface area contributed by atoms with E-state index in [-0.39, 0.29) is 5.92 Å². The van der Waals surface area contributed by atoms with Crippen molar-refractivity contribution in [2.75, 3.05) is 44.2 Å². The molecule has 2 aromatic rings. The van der Waals surface area contributed by atoms with Crippen LogP contribution in [0.4, 0.5) is 5.95 Å². The molecule has 2 aliphatic rings. The number of hydrogen-bond acceptors (Lipinski definition) is 5. The number of aryl methyl sites for hydroxylation is 1. The topological polar surface area (TPSA) is 52.6 Å². The van der Waals surface area contributed by atoms with Crippen LogP contribution in [0.1, 0.15) is 30.4 Å². The molecular formula is C23H31N5O. The van der Waals surface area contributed by atoms with Crippen molar-refractivity contribution in [2.24, 2.45) is 5.92 Å². The summed E-state index contributed by atoms with van der Waals surface area (Å²) in [6.45, 7) is 8.48. The van der Waals surface area contributed by atoms with Crippen LogP contribution in [-0.2, 0) is 11.3 Å². The molecule has 0 saturated carbocycles. The van der Waals surface area contributed by atoms with Gasteiger partial charge in [-0.1, -0.05) is 24.3 Å². The molecule has 154 valence electrons. The molecule has 1 aromatic heterocycles. The first-order chi connectivity index (χ1) is 14.2. The van der Waals surface area contributed by atoms with Gasteiger partial charge in [0.2, 0.25) is 11.9 Å². The van der Waals surface area contributed by atoms with Crippen LogP contribution in [0.3, 0.4) is 0 Å². The van der Waals surface area contributed by atoms with Crippen molar-refractivity contribution in [1.29, 1.82) is 0 Å². The van der Waals surface area contributed by atoms with Gasteiger partial charge < -0.3 is 9.80 Å². The molecule has 3 heterocycles. The molecule has 1 amide bonds. The molecule has 2 aliphatic heterocycles. The minimum atomic E-state index is 0.0514. The fraction of sp³-hybridized carbons (Fsp3) is 0.522. The second-order valence-corrected chi connectivity index (χ2v) is 8.22. The summed E-state index contributed by atoms with van der Waals surface area (Å²) in [4.78, 5) is 28.7. The Kier molecular flexibility index (Phi) is 6.39. The Labute approximate surface area is 173 Å². The van der Waals surface area contributed by atoms with Crippen molar-refractivity contribution >= 4 is 11.9 Å². The fourth-order valence-corrected chi connectivity index (χ4v) is 4.45. The van der Waals surface area contributed by atoms with Crippen molar-refractivity contribution in [3.63, 3.8) is 0 Å². The Hall–Kier alpha value is -2.47. The molecule has 29 heavy (non-hydrogen) atoms. The Morgan fingerprint density at radius 1 is 1.00 bits per heavy atom. The molecule has 0 N–H and O–H groups in total. The third-order valence-electron chi connectivity index (χ3n) is 6.16. The van der Waals surface area contributed by atoms with E-state index in [2.05, 4.69) is 55.9 Å². The normalized spacial score (nSPS) is 21.1. The standard InChI is InChI=1S/C23H31N5O/c1-19-7-2-3-8-20(19)17-26-12-6-14-27(16-15-26)22(29)21-9-4-13-28(18-21)23-24-10-5-11-25-23/h2-3,5,7-8,10-11,21H,4,6,9,12-18H2,1H3. The van der Waals surface area contributed by atoms with E-state index >= 15 is 0 Å².